The van der Waals surface area contributed by atoms with Gasteiger partial charge in [0, 0.05) is 31.5 Å². The normalized spacial score (nSPS) is 16.7. The van der Waals surface area contributed by atoms with E-state index in [9.17, 15) is 17.6 Å². The fourth-order valence-corrected chi connectivity index (χ4v) is 4.17. The van der Waals surface area contributed by atoms with E-state index in [4.69, 9.17) is 4.74 Å². The SMILES string of the molecule is CC(C)(C)OC(=O)N1CCC(n2c(S(C)(=O)=O)nc3cc(F)ccc32)CC1. The van der Waals surface area contributed by atoms with Crippen molar-refractivity contribution in [3.05, 3.63) is 24.0 Å². The first-order chi connectivity index (χ1) is 12.5. The molecule has 1 aromatic heterocycles. The van der Waals surface area contributed by atoms with Crippen molar-refractivity contribution in [3.63, 3.8) is 0 Å². The summed E-state index contributed by atoms with van der Waals surface area (Å²) in [5, 5.41) is -0.0705. The zero-order chi connectivity index (χ0) is 20.0. The van der Waals surface area contributed by atoms with E-state index in [1.54, 1.807) is 15.5 Å². The van der Waals surface area contributed by atoms with Gasteiger partial charge in [-0.15, -0.1) is 0 Å². The molecule has 0 atom stereocenters. The van der Waals surface area contributed by atoms with E-state index >= 15 is 0 Å². The number of nitrogens with zero attached hydrogens (tertiary/aromatic N) is 3. The fourth-order valence-electron chi connectivity index (χ4n) is 3.30. The Morgan fingerprint density at radius 3 is 2.44 bits per heavy atom. The Balaban J connectivity index is 1.88. The zero-order valence-corrected chi connectivity index (χ0v) is 16.7. The van der Waals surface area contributed by atoms with E-state index in [1.807, 2.05) is 20.8 Å². The second-order valence-electron chi connectivity index (χ2n) is 7.87. The molecule has 0 aliphatic carbocycles. The quantitative estimate of drug-likeness (QED) is 0.778. The number of imidazole rings is 1. The average Bonchev–Trinajstić information content (AvgIpc) is 2.92. The van der Waals surface area contributed by atoms with Crippen molar-refractivity contribution in [3.8, 4) is 0 Å². The van der Waals surface area contributed by atoms with E-state index in [0.717, 1.165) is 6.26 Å². The van der Waals surface area contributed by atoms with Crippen LogP contribution in [-0.2, 0) is 14.6 Å². The van der Waals surface area contributed by atoms with Crippen molar-refractivity contribution < 1.29 is 22.3 Å². The number of carbonyl (C=O) groups is 1. The lowest BCUT2D eigenvalue weighted by molar-refractivity contribution is 0.0187. The Morgan fingerprint density at radius 2 is 1.89 bits per heavy atom. The number of carbonyl (C=O) groups excluding carboxylic acids is 1. The predicted octanol–water partition coefficient (Wildman–Crippen LogP) is 3.15. The van der Waals surface area contributed by atoms with Crippen LogP contribution >= 0.6 is 0 Å². The van der Waals surface area contributed by atoms with Crippen molar-refractivity contribution >= 4 is 27.0 Å². The second kappa shape index (κ2) is 6.78. The van der Waals surface area contributed by atoms with E-state index < -0.39 is 21.3 Å². The van der Waals surface area contributed by atoms with E-state index in [2.05, 4.69) is 4.98 Å². The zero-order valence-electron chi connectivity index (χ0n) is 15.9. The van der Waals surface area contributed by atoms with Crippen LogP contribution in [0.15, 0.2) is 23.4 Å². The summed E-state index contributed by atoms with van der Waals surface area (Å²) in [5.41, 5.74) is 0.319. The lowest BCUT2D eigenvalue weighted by Gasteiger charge is -2.34. The number of sulfone groups is 1. The molecule has 9 heteroatoms. The highest BCUT2D eigenvalue weighted by atomic mass is 32.2. The Bertz CT molecular complexity index is 970. The van der Waals surface area contributed by atoms with E-state index in [0.29, 0.717) is 37.0 Å². The van der Waals surface area contributed by atoms with Gasteiger partial charge < -0.3 is 14.2 Å². The van der Waals surface area contributed by atoms with Crippen LogP contribution in [0.4, 0.5) is 9.18 Å². The molecule has 0 radical (unpaired) electrons. The molecule has 1 fully saturated rings. The largest absolute Gasteiger partial charge is 0.444 e. The van der Waals surface area contributed by atoms with Crippen LogP contribution in [0.1, 0.15) is 39.7 Å². The summed E-state index contributed by atoms with van der Waals surface area (Å²) in [7, 11) is -3.59. The second-order valence-corrected chi connectivity index (χ2v) is 9.78. The first-order valence-corrected chi connectivity index (χ1v) is 10.7. The molecular weight excluding hydrogens is 373 g/mol. The van der Waals surface area contributed by atoms with Gasteiger partial charge in [-0.25, -0.2) is 22.6 Å². The molecule has 1 aliphatic rings. The number of ether oxygens (including phenoxy) is 1. The minimum Gasteiger partial charge on any atom is -0.444 e. The highest BCUT2D eigenvalue weighted by Gasteiger charge is 2.31. The molecule has 0 spiro atoms. The summed E-state index contributed by atoms with van der Waals surface area (Å²) in [6.07, 6.45) is 1.84. The monoisotopic (exact) mass is 397 g/mol. The summed E-state index contributed by atoms with van der Waals surface area (Å²) in [6, 6.07) is 3.93. The molecule has 0 unspecified atom stereocenters. The average molecular weight is 397 g/mol. The Kier molecular flexibility index (Phi) is 4.92. The van der Waals surface area contributed by atoms with E-state index in [-0.39, 0.29) is 17.3 Å². The lowest BCUT2D eigenvalue weighted by Crippen LogP contribution is -2.42. The smallest absolute Gasteiger partial charge is 0.410 e. The molecule has 148 valence electrons. The molecule has 3 rings (SSSR count). The van der Waals surface area contributed by atoms with Gasteiger partial charge in [-0.3, -0.25) is 0 Å². The maximum atomic E-state index is 13.5. The number of halogens is 1. The number of amides is 1. The van der Waals surface area contributed by atoms with Crippen LogP contribution in [0, 0.1) is 5.82 Å². The van der Waals surface area contributed by atoms with Crippen LogP contribution in [0.5, 0.6) is 0 Å². The van der Waals surface area contributed by atoms with Gasteiger partial charge in [0.2, 0.25) is 15.0 Å². The molecule has 0 bridgehead atoms. The van der Waals surface area contributed by atoms with Gasteiger partial charge in [0.05, 0.1) is 11.0 Å². The number of hydrogen-bond acceptors (Lipinski definition) is 5. The molecule has 7 nitrogen and oxygen atoms in total. The van der Waals surface area contributed by atoms with Gasteiger partial charge in [0.25, 0.3) is 0 Å². The van der Waals surface area contributed by atoms with Crippen molar-refractivity contribution in [2.24, 2.45) is 0 Å². The number of hydrogen-bond donors (Lipinski definition) is 0. The molecule has 0 saturated carbocycles. The highest BCUT2D eigenvalue weighted by molar-refractivity contribution is 7.90. The van der Waals surface area contributed by atoms with Gasteiger partial charge in [-0.2, -0.15) is 0 Å². The third-order valence-corrected chi connectivity index (χ3v) is 5.38. The molecule has 1 aromatic carbocycles. The van der Waals surface area contributed by atoms with Crippen LogP contribution in [0.3, 0.4) is 0 Å². The summed E-state index contributed by atoms with van der Waals surface area (Å²) in [4.78, 5) is 18.0. The Morgan fingerprint density at radius 1 is 1.26 bits per heavy atom. The van der Waals surface area contributed by atoms with E-state index in [1.165, 1.54) is 12.1 Å². The summed E-state index contributed by atoms with van der Waals surface area (Å²) in [5.74, 6) is -0.466. The maximum Gasteiger partial charge on any atom is 0.410 e. The van der Waals surface area contributed by atoms with Crippen LogP contribution < -0.4 is 0 Å². The summed E-state index contributed by atoms with van der Waals surface area (Å²) < 4.78 is 45.0. The number of fused-ring (bicyclic) bond motifs is 1. The van der Waals surface area contributed by atoms with Crippen LogP contribution in [-0.4, -0.2) is 53.9 Å². The first kappa shape index (κ1) is 19.6. The number of aromatic nitrogens is 2. The van der Waals surface area contributed by atoms with Crippen molar-refractivity contribution in [1.29, 1.82) is 0 Å². The molecule has 2 aromatic rings. The van der Waals surface area contributed by atoms with Gasteiger partial charge in [-0.05, 0) is 45.7 Å². The standard InChI is InChI=1S/C18H24FN3O4S/c1-18(2,3)26-17(23)21-9-7-13(8-10-21)22-15-6-5-12(19)11-14(15)20-16(22)27(4,24)25/h5-6,11,13H,7-10H2,1-4H3. The first-order valence-electron chi connectivity index (χ1n) is 8.81. The molecule has 1 amide bonds. The summed E-state index contributed by atoms with van der Waals surface area (Å²) >= 11 is 0. The minimum absolute atomic E-state index is 0.0705. The molecule has 0 N–H and O–H groups in total. The van der Waals surface area contributed by atoms with Gasteiger partial charge in [0.15, 0.2) is 0 Å². The highest BCUT2D eigenvalue weighted by Crippen LogP contribution is 2.31. The van der Waals surface area contributed by atoms with Crippen molar-refractivity contribution in [2.75, 3.05) is 19.3 Å². The minimum atomic E-state index is -3.59. The van der Waals surface area contributed by atoms with Crippen molar-refractivity contribution in [2.45, 2.75) is 50.4 Å². The maximum absolute atomic E-state index is 13.5. The molecule has 27 heavy (non-hydrogen) atoms. The van der Waals surface area contributed by atoms with Crippen LogP contribution in [0.25, 0.3) is 11.0 Å². The predicted molar refractivity (Wildman–Crippen MR) is 98.9 cm³/mol. The third kappa shape index (κ3) is 4.23. The third-order valence-electron chi connectivity index (χ3n) is 4.43. The van der Waals surface area contributed by atoms with Gasteiger partial charge >= 0.3 is 6.09 Å². The summed E-state index contributed by atoms with van der Waals surface area (Å²) in [6.45, 7) is 6.33. The number of likely N-dealkylation sites (tertiary alicyclic amines) is 1. The fraction of sp³-hybridized carbons (Fsp3) is 0.556. The Hall–Kier alpha value is -2.16. The topological polar surface area (TPSA) is 81.5 Å². The molecule has 2 heterocycles. The van der Waals surface area contributed by atoms with Gasteiger partial charge in [0.1, 0.15) is 11.4 Å². The molecule has 1 aliphatic heterocycles. The number of rotatable bonds is 2. The number of benzene rings is 1. The van der Waals surface area contributed by atoms with Crippen LogP contribution in [0.2, 0.25) is 0 Å². The lowest BCUT2D eigenvalue weighted by atomic mass is 10.0. The molecular formula is C18H24FN3O4S. The molecule has 1 saturated heterocycles. The van der Waals surface area contributed by atoms with Crippen molar-refractivity contribution in [1.82, 2.24) is 14.5 Å². The number of piperidine rings is 1. The Labute approximate surface area is 158 Å². The van der Waals surface area contributed by atoms with Gasteiger partial charge in [-0.1, -0.05) is 0 Å².